The minimum Gasteiger partial charge on any atom is -0.496 e. The van der Waals surface area contributed by atoms with Gasteiger partial charge in [-0.15, -0.1) is 0 Å². The molecule has 0 saturated heterocycles. The normalized spacial score (nSPS) is 13.7. The van der Waals surface area contributed by atoms with Gasteiger partial charge in [-0.25, -0.2) is 4.39 Å². The molecule has 2 aromatic carbocycles. The molecular formula is C16H18FNO2S. The van der Waals surface area contributed by atoms with Crippen LogP contribution >= 0.6 is 0 Å². The van der Waals surface area contributed by atoms with Crippen molar-refractivity contribution in [2.24, 2.45) is 5.73 Å². The Morgan fingerprint density at radius 3 is 2.62 bits per heavy atom. The third-order valence-electron chi connectivity index (χ3n) is 3.20. The molecule has 0 heterocycles. The van der Waals surface area contributed by atoms with Crippen molar-refractivity contribution in [3.05, 3.63) is 59.4 Å². The molecule has 0 saturated carbocycles. The summed E-state index contributed by atoms with van der Waals surface area (Å²) in [4.78, 5) is 0.200. The van der Waals surface area contributed by atoms with Crippen LogP contribution in [0.15, 0.2) is 47.4 Å². The zero-order valence-electron chi connectivity index (χ0n) is 12.0. The van der Waals surface area contributed by atoms with Crippen molar-refractivity contribution < 1.29 is 13.3 Å². The Balaban J connectivity index is 2.32. The zero-order chi connectivity index (χ0) is 15.4. The first kappa shape index (κ1) is 15.7. The van der Waals surface area contributed by atoms with Gasteiger partial charge < -0.3 is 10.5 Å². The van der Waals surface area contributed by atoms with E-state index < -0.39 is 16.6 Å². The lowest BCUT2D eigenvalue weighted by Gasteiger charge is -2.13. The van der Waals surface area contributed by atoms with Crippen molar-refractivity contribution in [1.29, 1.82) is 0 Å². The average molecular weight is 307 g/mol. The van der Waals surface area contributed by atoms with Crippen LogP contribution in [0.1, 0.15) is 24.1 Å². The summed E-state index contributed by atoms with van der Waals surface area (Å²) in [6, 6.07) is 11.5. The summed E-state index contributed by atoms with van der Waals surface area (Å²) in [6.07, 6.45) is 0. The molecule has 0 fully saturated rings. The molecule has 112 valence electrons. The molecule has 2 atom stereocenters. The van der Waals surface area contributed by atoms with Crippen LogP contribution in [0.2, 0.25) is 0 Å². The van der Waals surface area contributed by atoms with Crippen LogP contribution < -0.4 is 10.5 Å². The summed E-state index contributed by atoms with van der Waals surface area (Å²) in [5.74, 6) is 0.354. The molecule has 2 N–H and O–H groups in total. The molecule has 21 heavy (non-hydrogen) atoms. The molecule has 5 heteroatoms. The zero-order valence-corrected chi connectivity index (χ0v) is 12.8. The van der Waals surface area contributed by atoms with E-state index in [4.69, 9.17) is 10.5 Å². The molecule has 0 aliphatic rings. The Morgan fingerprint density at radius 1 is 1.29 bits per heavy atom. The second-order valence-electron chi connectivity index (χ2n) is 4.78. The maximum atomic E-state index is 13.7. The van der Waals surface area contributed by atoms with E-state index in [1.54, 1.807) is 25.3 Å². The SMILES string of the molecule is COc1ccc(C(C)N)cc1CS(=O)c1ccccc1F. The molecule has 2 unspecified atom stereocenters. The van der Waals surface area contributed by atoms with Gasteiger partial charge in [-0.1, -0.05) is 18.2 Å². The molecule has 0 aliphatic heterocycles. The lowest BCUT2D eigenvalue weighted by atomic mass is 10.1. The third-order valence-corrected chi connectivity index (χ3v) is 4.59. The summed E-state index contributed by atoms with van der Waals surface area (Å²) in [5.41, 5.74) is 7.55. The molecule has 0 bridgehead atoms. The van der Waals surface area contributed by atoms with Gasteiger partial charge >= 0.3 is 0 Å². The molecule has 0 aromatic heterocycles. The Hall–Kier alpha value is -1.72. The van der Waals surface area contributed by atoms with Crippen LogP contribution in [0.5, 0.6) is 5.75 Å². The largest absolute Gasteiger partial charge is 0.496 e. The van der Waals surface area contributed by atoms with Crippen molar-refractivity contribution in [3.63, 3.8) is 0 Å². The van der Waals surface area contributed by atoms with Crippen molar-refractivity contribution in [2.45, 2.75) is 23.6 Å². The second kappa shape index (κ2) is 6.83. The summed E-state index contributed by atoms with van der Waals surface area (Å²) in [7, 11) is 0.0768. The Labute approximate surface area is 126 Å². The second-order valence-corrected chi connectivity index (χ2v) is 6.20. The van der Waals surface area contributed by atoms with Crippen molar-refractivity contribution in [3.8, 4) is 5.75 Å². The van der Waals surface area contributed by atoms with Crippen LogP contribution in [-0.2, 0) is 16.6 Å². The van der Waals surface area contributed by atoms with Gasteiger partial charge in [0.15, 0.2) is 0 Å². The van der Waals surface area contributed by atoms with Crippen molar-refractivity contribution >= 4 is 10.8 Å². The van der Waals surface area contributed by atoms with Gasteiger partial charge in [0.25, 0.3) is 0 Å². The predicted octanol–water partition coefficient (Wildman–Crippen LogP) is 3.16. The molecule has 0 amide bonds. The number of nitrogens with two attached hydrogens (primary N) is 1. The summed E-state index contributed by atoms with van der Waals surface area (Å²) in [5, 5.41) is 0. The highest BCUT2D eigenvalue weighted by Crippen LogP contribution is 2.26. The van der Waals surface area contributed by atoms with E-state index in [0.717, 1.165) is 11.1 Å². The van der Waals surface area contributed by atoms with Gasteiger partial charge in [0, 0.05) is 11.6 Å². The minimum atomic E-state index is -1.48. The number of methoxy groups -OCH3 is 1. The van der Waals surface area contributed by atoms with Crippen LogP contribution in [0.4, 0.5) is 4.39 Å². The summed E-state index contributed by atoms with van der Waals surface area (Å²) >= 11 is 0. The fraction of sp³-hybridized carbons (Fsp3) is 0.250. The standard InChI is InChI=1S/C16H18FNO2S/c1-11(18)12-7-8-15(20-2)13(9-12)10-21(19)16-6-4-3-5-14(16)17/h3-9,11H,10,18H2,1-2H3. The quantitative estimate of drug-likeness (QED) is 0.923. The van der Waals surface area contributed by atoms with Gasteiger partial charge in [-0.05, 0) is 36.8 Å². The van der Waals surface area contributed by atoms with E-state index in [0.29, 0.717) is 5.75 Å². The number of ether oxygens (including phenoxy) is 1. The van der Waals surface area contributed by atoms with Crippen molar-refractivity contribution in [1.82, 2.24) is 0 Å². The predicted molar refractivity (Wildman–Crippen MR) is 82.1 cm³/mol. The van der Waals surface area contributed by atoms with E-state index in [1.165, 1.54) is 12.1 Å². The number of hydrogen-bond acceptors (Lipinski definition) is 3. The van der Waals surface area contributed by atoms with Crippen LogP contribution in [0.3, 0.4) is 0 Å². The fourth-order valence-electron chi connectivity index (χ4n) is 2.04. The lowest BCUT2D eigenvalue weighted by Crippen LogP contribution is -2.07. The van der Waals surface area contributed by atoms with Crippen LogP contribution in [-0.4, -0.2) is 11.3 Å². The van der Waals surface area contributed by atoms with E-state index in [9.17, 15) is 8.60 Å². The first-order chi connectivity index (χ1) is 10.0. The Kier molecular flexibility index (Phi) is 5.09. The first-order valence-corrected chi connectivity index (χ1v) is 7.90. The highest BCUT2D eigenvalue weighted by atomic mass is 32.2. The summed E-state index contributed by atoms with van der Waals surface area (Å²) in [6.45, 7) is 1.87. The van der Waals surface area contributed by atoms with Gasteiger partial charge in [-0.3, -0.25) is 4.21 Å². The number of hydrogen-bond donors (Lipinski definition) is 1. The highest BCUT2D eigenvalue weighted by Gasteiger charge is 2.14. The minimum absolute atomic E-state index is 0.128. The summed E-state index contributed by atoms with van der Waals surface area (Å²) < 4.78 is 31.3. The molecule has 0 radical (unpaired) electrons. The van der Waals surface area contributed by atoms with E-state index >= 15 is 0 Å². The van der Waals surface area contributed by atoms with Gasteiger partial charge in [-0.2, -0.15) is 0 Å². The maximum Gasteiger partial charge on any atom is 0.139 e. The third kappa shape index (κ3) is 3.68. The van der Waals surface area contributed by atoms with Gasteiger partial charge in [0.1, 0.15) is 11.6 Å². The number of benzene rings is 2. The van der Waals surface area contributed by atoms with Crippen LogP contribution in [0, 0.1) is 5.82 Å². The number of halogens is 1. The maximum absolute atomic E-state index is 13.7. The molecule has 2 rings (SSSR count). The van der Waals surface area contributed by atoms with Gasteiger partial charge in [0.2, 0.25) is 0 Å². The number of rotatable bonds is 5. The van der Waals surface area contributed by atoms with E-state index in [1.807, 2.05) is 19.1 Å². The molecular weight excluding hydrogens is 289 g/mol. The Morgan fingerprint density at radius 2 is 2.00 bits per heavy atom. The molecule has 2 aromatic rings. The topological polar surface area (TPSA) is 52.3 Å². The van der Waals surface area contributed by atoms with Gasteiger partial charge in [0.05, 0.1) is 28.6 Å². The average Bonchev–Trinajstić information content (AvgIpc) is 2.47. The highest BCUT2D eigenvalue weighted by molar-refractivity contribution is 7.84. The first-order valence-electron chi connectivity index (χ1n) is 6.58. The monoisotopic (exact) mass is 307 g/mol. The molecule has 0 spiro atoms. The smallest absolute Gasteiger partial charge is 0.139 e. The molecule has 3 nitrogen and oxygen atoms in total. The lowest BCUT2D eigenvalue weighted by molar-refractivity contribution is 0.411. The van der Waals surface area contributed by atoms with E-state index in [-0.39, 0.29) is 16.7 Å². The van der Waals surface area contributed by atoms with E-state index in [2.05, 4.69) is 0 Å². The Bertz CT molecular complexity index is 658. The fourth-order valence-corrected chi connectivity index (χ4v) is 3.22. The van der Waals surface area contributed by atoms with Crippen LogP contribution in [0.25, 0.3) is 0 Å². The molecule has 0 aliphatic carbocycles. The van der Waals surface area contributed by atoms with Crippen molar-refractivity contribution in [2.75, 3.05) is 7.11 Å².